The number of aromatic nitrogens is 2. The van der Waals surface area contributed by atoms with Crippen LogP contribution in [0.25, 0.3) is 11.3 Å². The third-order valence-corrected chi connectivity index (χ3v) is 5.93. The van der Waals surface area contributed by atoms with Crippen LogP contribution >= 0.6 is 23.2 Å². The summed E-state index contributed by atoms with van der Waals surface area (Å²) in [6.07, 6.45) is -0.0333. The van der Waals surface area contributed by atoms with Gasteiger partial charge >= 0.3 is 6.09 Å². The average molecular weight is 483 g/mol. The summed E-state index contributed by atoms with van der Waals surface area (Å²) in [5.74, 6) is 0.590. The van der Waals surface area contributed by atoms with Gasteiger partial charge in [0.25, 0.3) is 5.56 Å². The van der Waals surface area contributed by atoms with Crippen LogP contribution in [0.3, 0.4) is 0 Å². The molecule has 1 aromatic heterocycles. The molecule has 1 fully saturated rings. The Morgan fingerprint density at radius 2 is 1.97 bits per heavy atom. The van der Waals surface area contributed by atoms with Crippen molar-refractivity contribution in [3.8, 4) is 11.3 Å². The molecule has 2 heterocycles. The zero-order valence-corrected chi connectivity index (χ0v) is 20.2. The molecule has 0 aliphatic carbocycles. The van der Waals surface area contributed by atoms with E-state index in [1.807, 2.05) is 13.8 Å². The molecule has 0 spiro atoms. The lowest BCUT2D eigenvalue weighted by atomic mass is 10.1. The number of nitrogens with zero attached hydrogens (tertiary/aromatic N) is 3. The van der Waals surface area contributed by atoms with E-state index < -0.39 is 0 Å². The highest BCUT2D eigenvalue weighted by molar-refractivity contribution is 6.36. The smallest absolute Gasteiger partial charge is 0.409 e. The second-order valence-electron chi connectivity index (χ2n) is 7.45. The van der Waals surface area contributed by atoms with Gasteiger partial charge in [-0.25, -0.2) is 9.78 Å². The van der Waals surface area contributed by atoms with Crippen molar-refractivity contribution in [3.05, 3.63) is 44.3 Å². The van der Waals surface area contributed by atoms with Gasteiger partial charge < -0.3 is 19.7 Å². The molecule has 1 aliphatic rings. The molecule has 0 saturated carbocycles. The first-order valence-corrected chi connectivity index (χ1v) is 11.4. The number of carbonyl (C=O) groups is 1. The van der Waals surface area contributed by atoms with E-state index in [0.717, 1.165) is 0 Å². The maximum Gasteiger partial charge on any atom is 0.409 e. The Labute approximate surface area is 197 Å². The summed E-state index contributed by atoms with van der Waals surface area (Å²) in [6.45, 7) is 7.25. The second-order valence-corrected chi connectivity index (χ2v) is 8.29. The Kier molecular flexibility index (Phi) is 8.03. The Balaban J connectivity index is 1.96. The molecule has 1 aromatic carbocycles. The number of hydrogen-bond donors (Lipinski definition) is 1. The van der Waals surface area contributed by atoms with Crippen molar-refractivity contribution < 1.29 is 14.3 Å². The van der Waals surface area contributed by atoms with E-state index in [9.17, 15) is 9.59 Å². The Hall–Kier alpha value is -2.29. The summed E-state index contributed by atoms with van der Waals surface area (Å²) >= 11 is 12.3. The highest BCUT2D eigenvalue weighted by atomic mass is 35.5. The zero-order valence-electron chi connectivity index (χ0n) is 18.7. The first-order chi connectivity index (χ1) is 15.3. The Morgan fingerprint density at radius 3 is 2.59 bits per heavy atom. The molecule has 2 atom stereocenters. The van der Waals surface area contributed by atoms with Crippen molar-refractivity contribution in [3.63, 3.8) is 0 Å². The van der Waals surface area contributed by atoms with Gasteiger partial charge in [0.05, 0.1) is 36.0 Å². The molecular weight excluding hydrogens is 455 g/mol. The number of amides is 1. The average Bonchev–Trinajstić information content (AvgIpc) is 3.15. The fourth-order valence-corrected chi connectivity index (χ4v) is 4.31. The van der Waals surface area contributed by atoms with Crippen molar-refractivity contribution in [2.75, 3.05) is 31.6 Å². The molecule has 3 rings (SSSR count). The van der Waals surface area contributed by atoms with Gasteiger partial charge in [-0.05, 0) is 38.5 Å². The van der Waals surface area contributed by atoms with Crippen LogP contribution in [0.1, 0.15) is 26.5 Å². The topological polar surface area (TPSA) is 85.7 Å². The molecule has 0 radical (unpaired) electrons. The predicted octanol–water partition coefficient (Wildman–Crippen LogP) is 3.97. The maximum absolute atomic E-state index is 13.2. The molecule has 0 unspecified atom stereocenters. The summed E-state index contributed by atoms with van der Waals surface area (Å²) < 4.78 is 12.5. The normalized spacial score (nSPS) is 18.1. The lowest BCUT2D eigenvalue weighted by molar-refractivity contribution is 0.0596. The SMILES string of the molecule is CCOC(=O)N1C[C@H](OCC)[C@H](Nc2c(CC)nc(-c3ccc(Cl)cc3Cl)c(=O)n2C)C1. The standard InChI is InChI=1S/C22H28Cl2N4O4/c1-5-16-20(26-17-11-28(22(30)32-7-3)12-18(17)31-6-2)27(4)21(29)19(25-16)14-9-8-13(23)10-15(14)24/h8-10,17-18,26H,5-7,11-12H2,1-4H3/t17-,18+/m1/s1. The first kappa shape index (κ1) is 24.4. The number of anilines is 1. The van der Waals surface area contributed by atoms with E-state index in [-0.39, 0.29) is 29.5 Å². The van der Waals surface area contributed by atoms with E-state index >= 15 is 0 Å². The van der Waals surface area contributed by atoms with Crippen molar-refractivity contribution in [2.45, 2.75) is 39.3 Å². The third kappa shape index (κ3) is 5.03. The summed E-state index contributed by atoms with van der Waals surface area (Å²) in [7, 11) is 1.69. The fraction of sp³-hybridized carbons (Fsp3) is 0.500. The second kappa shape index (κ2) is 10.6. The quantitative estimate of drug-likeness (QED) is 0.642. The van der Waals surface area contributed by atoms with E-state index in [2.05, 4.69) is 10.3 Å². The van der Waals surface area contributed by atoms with Crippen molar-refractivity contribution >= 4 is 35.1 Å². The molecule has 32 heavy (non-hydrogen) atoms. The Bertz CT molecular complexity index is 1040. The van der Waals surface area contributed by atoms with Crippen molar-refractivity contribution in [2.24, 2.45) is 7.05 Å². The molecule has 174 valence electrons. The summed E-state index contributed by atoms with van der Waals surface area (Å²) in [4.78, 5) is 31.7. The largest absolute Gasteiger partial charge is 0.450 e. The van der Waals surface area contributed by atoms with Crippen molar-refractivity contribution in [1.82, 2.24) is 14.5 Å². The highest BCUT2D eigenvalue weighted by Crippen LogP contribution is 2.29. The number of ether oxygens (including phenoxy) is 2. The number of likely N-dealkylation sites (tertiary alicyclic amines) is 1. The minimum absolute atomic E-state index is 0.220. The van der Waals surface area contributed by atoms with Crippen LogP contribution in [-0.4, -0.2) is 59.0 Å². The predicted molar refractivity (Wildman–Crippen MR) is 126 cm³/mol. The minimum atomic E-state index is -0.378. The number of hydrogen-bond acceptors (Lipinski definition) is 6. The number of carbonyl (C=O) groups excluding carboxylic acids is 1. The Morgan fingerprint density at radius 1 is 1.22 bits per heavy atom. The van der Waals surface area contributed by atoms with Gasteiger partial charge in [0, 0.05) is 30.8 Å². The molecule has 1 saturated heterocycles. The lowest BCUT2D eigenvalue weighted by Crippen LogP contribution is -2.37. The van der Waals surface area contributed by atoms with E-state index in [1.165, 1.54) is 4.57 Å². The van der Waals surface area contributed by atoms with Gasteiger partial charge in [-0.2, -0.15) is 0 Å². The molecular formula is C22H28Cl2N4O4. The monoisotopic (exact) mass is 482 g/mol. The zero-order chi connectivity index (χ0) is 23.4. The van der Waals surface area contributed by atoms with Gasteiger partial charge in [0.2, 0.25) is 0 Å². The molecule has 1 N–H and O–H groups in total. The third-order valence-electron chi connectivity index (χ3n) is 5.38. The number of rotatable bonds is 7. The van der Waals surface area contributed by atoms with Crippen LogP contribution in [0.2, 0.25) is 10.0 Å². The minimum Gasteiger partial charge on any atom is -0.450 e. The molecule has 2 aromatic rings. The maximum atomic E-state index is 13.2. The fourth-order valence-electron chi connectivity index (χ4n) is 3.81. The van der Waals surface area contributed by atoms with Gasteiger partial charge in [-0.15, -0.1) is 0 Å². The van der Waals surface area contributed by atoms with E-state index in [0.29, 0.717) is 59.8 Å². The number of nitrogens with one attached hydrogen (secondary N) is 1. The molecule has 1 amide bonds. The van der Waals surface area contributed by atoms with Crippen LogP contribution in [-0.2, 0) is 22.9 Å². The number of halogens is 2. The van der Waals surface area contributed by atoms with Crippen LogP contribution in [0, 0.1) is 0 Å². The summed E-state index contributed by atoms with van der Waals surface area (Å²) in [5, 5.41) is 4.25. The lowest BCUT2D eigenvalue weighted by Gasteiger charge is -2.24. The molecule has 1 aliphatic heterocycles. The van der Waals surface area contributed by atoms with E-state index in [1.54, 1.807) is 37.1 Å². The summed E-state index contributed by atoms with van der Waals surface area (Å²) in [6, 6.07) is 4.74. The number of benzene rings is 1. The highest BCUT2D eigenvalue weighted by Gasteiger charge is 2.37. The number of aryl methyl sites for hydroxylation is 1. The van der Waals surface area contributed by atoms with Crippen molar-refractivity contribution in [1.29, 1.82) is 0 Å². The van der Waals surface area contributed by atoms with Crippen LogP contribution in [0.15, 0.2) is 23.0 Å². The molecule has 0 bridgehead atoms. The van der Waals surface area contributed by atoms with Crippen LogP contribution < -0.4 is 10.9 Å². The van der Waals surface area contributed by atoms with Gasteiger partial charge in [0.15, 0.2) is 0 Å². The molecule has 10 heteroatoms. The van der Waals surface area contributed by atoms with Crippen LogP contribution in [0.4, 0.5) is 10.6 Å². The van der Waals surface area contributed by atoms with Crippen LogP contribution in [0.5, 0.6) is 0 Å². The van der Waals surface area contributed by atoms with Gasteiger partial charge in [-0.3, -0.25) is 9.36 Å². The summed E-state index contributed by atoms with van der Waals surface area (Å²) in [5.41, 5.74) is 1.21. The van der Waals surface area contributed by atoms with Gasteiger partial charge in [0.1, 0.15) is 11.5 Å². The van der Waals surface area contributed by atoms with Gasteiger partial charge in [-0.1, -0.05) is 30.1 Å². The molecule has 8 nitrogen and oxygen atoms in total. The first-order valence-electron chi connectivity index (χ1n) is 10.7. The van der Waals surface area contributed by atoms with E-state index in [4.69, 9.17) is 32.7 Å².